The molecular formula is C20H37NO. The molecule has 0 atom stereocenters. The monoisotopic (exact) mass is 307 g/mol. The minimum absolute atomic E-state index is 0.254. The molecule has 128 valence electrons. The van der Waals surface area contributed by atoms with Crippen molar-refractivity contribution in [2.75, 3.05) is 14.1 Å². The van der Waals surface area contributed by atoms with Gasteiger partial charge in [0.1, 0.15) is 0 Å². The van der Waals surface area contributed by atoms with Crippen LogP contribution in [0.25, 0.3) is 0 Å². The summed E-state index contributed by atoms with van der Waals surface area (Å²) < 4.78 is 0. The number of unbranched alkanes of at least 4 members (excludes halogenated alkanes) is 9. The van der Waals surface area contributed by atoms with Gasteiger partial charge < -0.3 is 4.90 Å². The van der Waals surface area contributed by atoms with Crippen molar-refractivity contribution in [2.24, 2.45) is 0 Å². The Morgan fingerprint density at radius 1 is 0.773 bits per heavy atom. The van der Waals surface area contributed by atoms with Gasteiger partial charge >= 0.3 is 0 Å². The Morgan fingerprint density at radius 3 is 1.82 bits per heavy atom. The van der Waals surface area contributed by atoms with E-state index in [0.717, 1.165) is 6.42 Å². The van der Waals surface area contributed by atoms with E-state index in [1.54, 1.807) is 4.90 Å². The first-order valence-electron chi connectivity index (χ1n) is 9.20. The summed E-state index contributed by atoms with van der Waals surface area (Å²) in [4.78, 5) is 13.1. The zero-order valence-electron chi connectivity index (χ0n) is 15.2. The number of rotatable bonds is 14. The molecule has 22 heavy (non-hydrogen) atoms. The topological polar surface area (TPSA) is 20.3 Å². The van der Waals surface area contributed by atoms with Crippen LogP contribution < -0.4 is 0 Å². The lowest BCUT2D eigenvalue weighted by atomic mass is 10.1. The van der Waals surface area contributed by atoms with Gasteiger partial charge in [-0.15, -0.1) is 0 Å². The fraction of sp³-hybridized carbons (Fsp3) is 0.750. The molecule has 0 bridgehead atoms. The summed E-state index contributed by atoms with van der Waals surface area (Å²) in [5.74, 6) is 0.254. The second kappa shape index (κ2) is 16.3. The first-order valence-corrected chi connectivity index (χ1v) is 9.20. The molecule has 0 radical (unpaired) electrons. The van der Waals surface area contributed by atoms with Crippen molar-refractivity contribution in [2.45, 2.75) is 84.0 Å². The van der Waals surface area contributed by atoms with Gasteiger partial charge in [-0.3, -0.25) is 4.79 Å². The maximum Gasteiger partial charge on any atom is 0.222 e. The van der Waals surface area contributed by atoms with Crippen molar-refractivity contribution in [1.29, 1.82) is 0 Å². The normalized spacial score (nSPS) is 11.6. The Bertz CT molecular complexity index is 305. The van der Waals surface area contributed by atoms with Crippen LogP contribution in [-0.2, 0) is 4.79 Å². The van der Waals surface area contributed by atoms with Crippen LogP contribution in [0.1, 0.15) is 84.0 Å². The zero-order chi connectivity index (χ0) is 16.5. The van der Waals surface area contributed by atoms with Crippen LogP contribution in [0.15, 0.2) is 24.3 Å². The van der Waals surface area contributed by atoms with Crippen molar-refractivity contribution in [1.82, 2.24) is 4.90 Å². The van der Waals surface area contributed by atoms with Crippen LogP contribution in [0.5, 0.6) is 0 Å². The molecule has 0 N–H and O–H groups in total. The number of carbonyl (C=O) groups excluding carboxylic acids is 1. The van der Waals surface area contributed by atoms with Crippen LogP contribution in [0.3, 0.4) is 0 Å². The first-order chi connectivity index (χ1) is 10.7. The summed E-state index contributed by atoms with van der Waals surface area (Å²) in [6.07, 6.45) is 23.4. The zero-order valence-corrected chi connectivity index (χ0v) is 15.2. The van der Waals surface area contributed by atoms with Gasteiger partial charge in [0.15, 0.2) is 0 Å². The van der Waals surface area contributed by atoms with Crippen molar-refractivity contribution in [3.63, 3.8) is 0 Å². The summed E-state index contributed by atoms with van der Waals surface area (Å²) >= 11 is 0. The van der Waals surface area contributed by atoms with Gasteiger partial charge in [-0.25, -0.2) is 0 Å². The standard InChI is InChI=1S/C20H37NO/c1-4-5-6-7-8-9-10-11-12-13-14-15-16-17-18-19-20(22)21(2)3/h9-12H,4-8,13-19H2,1-3H3. The highest BCUT2D eigenvalue weighted by molar-refractivity contribution is 5.75. The largest absolute Gasteiger partial charge is 0.349 e. The maximum absolute atomic E-state index is 11.4. The lowest BCUT2D eigenvalue weighted by Gasteiger charge is -2.09. The molecule has 0 aliphatic rings. The van der Waals surface area contributed by atoms with E-state index in [4.69, 9.17) is 0 Å². The molecule has 0 saturated heterocycles. The minimum Gasteiger partial charge on any atom is -0.349 e. The van der Waals surface area contributed by atoms with Crippen LogP contribution in [0, 0.1) is 0 Å². The Labute approximate surface area is 138 Å². The fourth-order valence-electron chi connectivity index (χ4n) is 2.33. The van der Waals surface area contributed by atoms with Gasteiger partial charge in [-0.1, -0.05) is 69.8 Å². The lowest BCUT2D eigenvalue weighted by molar-refractivity contribution is -0.128. The molecule has 0 aromatic rings. The smallest absolute Gasteiger partial charge is 0.222 e. The van der Waals surface area contributed by atoms with E-state index in [1.807, 2.05) is 14.1 Å². The van der Waals surface area contributed by atoms with E-state index in [0.29, 0.717) is 6.42 Å². The van der Waals surface area contributed by atoms with Crippen LogP contribution in [0.2, 0.25) is 0 Å². The van der Waals surface area contributed by atoms with Gasteiger partial charge in [0.05, 0.1) is 0 Å². The number of nitrogens with zero attached hydrogens (tertiary/aromatic N) is 1. The lowest BCUT2D eigenvalue weighted by Crippen LogP contribution is -2.20. The summed E-state index contributed by atoms with van der Waals surface area (Å²) in [6, 6.07) is 0. The van der Waals surface area contributed by atoms with E-state index in [9.17, 15) is 4.79 Å². The first kappa shape index (κ1) is 20.9. The van der Waals surface area contributed by atoms with Gasteiger partial charge in [0, 0.05) is 20.5 Å². The molecule has 0 aromatic heterocycles. The van der Waals surface area contributed by atoms with Crippen molar-refractivity contribution >= 4 is 5.91 Å². The molecule has 0 saturated carbocycles. The second-order valence-corrected chi connectivity index (χ2v) is 6.30. The highest BCUT2D eigenvalue weighted by Crippen LogP contribution is 2.08. The fourth-order valence-corrected chi connectivity index (χ4v) is 2.33. The van der Waals surface area contributed by atoms with Crippen molar-refractivity contribution < 1.29 is 4.79 Å². The van der Waals surface area contributed by atoms with Gasteiger partial charge in [0.25, 0.3) is 0 Å². The highest BCUT2D eigenvalue weighted by atomic mass is 16.2. The molecule has 0 aliphatic heterocycles. The Morgan fingerprint density at radius 2 is 1.27 bits per heavy atom. The minimum atomic E-state index is 0.254. The molecular weight excluding hydrogens is 270 g/mol. The number of amides is 1. The quantitative estimate of drug-likeness (QED) is 0.289. The molecule has 2 nitrogen and oxygen atoms in total. The van der Waals surface area contributed by atoms with Gasteiger partial charge in [-0.2, -0.15) is 0 Å². The van der Waals surface area contributed by atoms with Gasteiger partial charge in [0.2, 0.25) is 5.91 Å². The average Bonchev–Trinajstić information content (AvgIpc) is 2.50. The summed E-state index contributed by atoms with van der Waals surface area (Å²) in [5.41, 5.74) is 0. The van der Waals surface area contributed by atoms with E-state index in [1.165, 1.54) is 64.2 Å². The van der Waals surface area contributed by atoms with Crippen LogP contribution >= 0.6 is 0 Å². The van der Waals surface area contributed by atoms with Crippen LogP contribution in [0.4, 0.5) is 0 Å². The van der Waals surface area contributed by atoms with Crippen LogP contribution in [-0.4, -0.2) is 24.9 Å². The predicted molar refractivity (Wildman–Crippen MR) is 98.1 cm³/mol. The van der Waals surface area contributed by atoms with Gasteiger partial charge in [-0.05, 0) is 32.1 Å². The number of carbonyl (C=O) groups is 1. The van der Waals surface area contributed by atoms with Crippen molar-refractivity contribution in [3.8, 4) is 0 Å². The molecule has 0 aliphatic carbocycles. The summed E-state index contributed by atoms with van der Waals surface area (Å²) in [5, 5.41) is 0. The Hall–Kier alpha value is -1.05. The molecule has 0 aromatic carbocycles. The summed E-state index contributed by atoms with van der Waals surface area (Å²) in [6.45, 7) is 2.25. The third-order valence-corrected chi connectivity index (χ3v) is 3.87. The molecule has 2 heteroatoms. The Kier molecular flexibility index (Phi) is 15.5. The molecule has 0 fully saturated rings. The molecule has 0 heterocycles. The van der Waals surface area contributed by atoms with E-state index in [-0.39, 0.29) is 5.91 Å². The van der Waals surface area contributed by atoms with E-state index < -0.39 is 0 Å². The molecule has 0 rings (SSSR count). The van der Waals surface area contributed by atoms with E-state index >= 15 is 0 Å². The van der Waals surface area contributed by atoms with E-state index in [2.05, 4.69) is 31.2 Å². The number of hydrogen-bond donors (Lipinski definition) is 0. The summed E-state index contributed by atoms with van der Waals surface area (Å²) in [7, 11) is 3.66. The molecule has 0 unspecified atom stereocenters. The van der Waals surface area contributed by atoms with Crippen molar-refractivity contribution in [3.05, 3.63) is 24.3 Å². The molecule has 0 spiro atoms. The predicted octanol–water partition coefficient (Wildman–Crippen LogP) is 5.89. The highest BCUT2D eigenvalue weighted by Gasteiger charge is 2.02. The third-order valence-electron chi connectivity index (χ3n) is 3.87. The Balaban J connectivity index is 3.26. The second-order valence-electron chi connectivity index (χ2n) is 6.30. The average molecular weight is 308 g/mol. The maximum atomic E-state index is 11.4. The molecule has 1 amide bonds. The number of hydrogen-bond acceptors (Lipinski definition) is 1. The number of allylic oxidation sites excluding steroid dienone is 4. The SMILES string of the molecule is CCCCCCC=CC=CCCCCCCCC(=O)N(C)C. The third kappa shape index (κ3) is 15.3.